The molecule has 2 fully saturated rings. The molecule has 0 aromatic rings. The molecule has 21 heavy (non-hydrogen) atoms. The third-order valence-electron chi connectivity index (χ3n) is 4.32. The van der Waals surface area contributed by atoms with Crippen LogP contribution in [0.15, 0.2) is 5.16 Å². The predicted octanol–water partition coefficient (Wildman–Crippen LogP) is 0.415. The monoisotopic (exact) mass is 299 g/mol. The number of nitrogens with two attached hydrogens (primary N) is 1. The lowest BCUT2D eigenvalue weighted by molar-refractivity contribution is -0.142. The molecule has 0 unspecified atom stereocenters. The lowest BCUT2D eigenvalue weighted by atomic mass is 9.77. The molecular weight excluding hydrogens is 274 g/mol. The summed E-state index contributed by atoms with van der Waals surface area (Å²) in [6.45, 7) is 2.68. The van der Waals surface area contributed by atoms with Crippen molar-refractivity contribution < 1.29 is 19.5 Å². The van der Waals surface area contributed by atoms with Gasteiger partial charge in [0.25, 0.3) is 0 Å². The predicted molar refractivity (Wildman–Crippen MR) is 77.1 cm³/mol. The van der Waals surface area contributed by atoms with Crippen LogP contribution in [-0.4, -0.2) is 61.9 Å². The zero-order chi connectivity index (χ0) is 15.3. The molecule has 0 radical (unpaired) electrons. The van der Waals surface area contributed by atoms with Gasteiger partial charge in [0.1, 0.15) is 5.41 Å². The van der Waals surface area contributed by atoms with Crippen molar-refractivity contribution in [2.75, 3.05) is 40.0 Å². The van der Waals surface area contributed by atoms with Crippen LogP contribution in [0.2, 0.25) is 0 Å². The van der Waals surface area contributed by atoms with Gasteiger partial charge in [0.15, 0.2) is 5.84 Å². The van der Waals surface area contributed by atoms with Gasteiger partial charge in [-0.2, -0.15) is 0 Å². The average molecular weight is 299 g/mol. The third-order valence-corrected chi connectivity index (χ3v) is 4.32. The maximum atomic E-state index is 12.7. The van der Waals surface area contributed by atoms with Crippen molar-refractivity contribution in [3.8, 4) is 0 Å². The Hall–Kier alpha value is -1.34. The first-order chi connectivity index (χ1) is 10.1. The van der Waals surface area contributed by atoms with Crippen LogP contribution in [0.4, 0.5) is 0 Å². The molecule has 1 saturated carbocycles. The minimum atomic E-state index is -0.946. The summed E-state index contributed by atoms with van der Waals surface area (Å²) in [5, 5.41) is 12.1. The van der Waals surface area contributed by atoms with Crippen molar-refractivity contribution in [3.63, 3.8) is 0 Å². The maximum absolute atomic E-state index is 12.7. The molecule has 7 nitrogen and oxygen atoms in total. The molecule has 1 amide bonds. The summed E-state index contributed by atoms with van der Waals surface area (Å²) in [6, 6.07) is 0. The van der Waals surface area contributed by atoms with E-state index >= 15 is 0 Å². The lowest BCUT2D eigenvalue weighted by Gasteiger charge is -2.37. The topological polar surface area (TPSA) is 97.4 Å². The summed E-state index contributed by atoms with van der Waals surface area (Å²) in [5.74, 6) is 0.558. The maximum Gasteiger partial charge on any atom is 0.236 e. The summed E-state index contributed by atoms with van der Waals surface area (Å²) < 4.78 is 10.8. The number of nitrogens with zero attached hydrogens (tertiary/aromatic N) is 2. The molecule has 0 aromatic carbocycles. The second kappa shape index (κ2) is 7.09. The molecule has 3 N–H and O–H groups in total. The van der Waals surface area contributed by atoms with Gasteiger partial charge in [-0.25, -0.2) is 0 Å². The molecule has 0 aromatic heterocycles. The first-order valence-electron chi connectivity index (χ1n) is 7.49. The van der Waals surface area contributed by atoms with Crippen LogP contribution in [0, 0.1) is 11.3 Å². The number of likely N-dealkylation sites (N-methyl/N-ethyl adjacent to an activating group) is 1. The van der Waals surface area contributed by atoms with Crippen molar-refractivity contribution >= 4 is 11.7 Å². The van der Waals surface area contributed by atoms with E-state index in [0.29, 0.717) is 45.1 Å². The van der Waals surface area contributed by atoms with Crippen molar-refractivity contribution in [3.05, 3.63) is 0 Å². The fraction of sp³-hybridized carbons (Fsp3) is 0.857. The number of carbonyl (C=O) groups excluding carboxylic acids is 1. The molecule has 1 heterocycles. The van der Waals surface area contributed by atoms with Gasteiger partial charge in [0, 0.05) is 33.4 Å². The SMILES string of the molecule is CN(CCOCC1CC1)C(=O)C1(C(N)=NO)CCOCC1. The van der Waals surface area contributed by atoms with E-state index in [1.165, 1.54) is 12.8 Å². The molecule has 2 rings (SSSR count). The number of hydrogen-bond acceptors (Lipinski definition) is 5. The largest absolute Gasteiger partial charge is 0.409 e. The number of oxime groups is 1. The van der Waals surface area contributed by atoms with E-state index in [4.69, 9.17) is 20.4 Å². The van der Waals surface area contributed by atoms with Crippen molar-refractivity contribution in [1.82, 2.24) is 4.90 Å². The molecule has 120 valence electrons. The fourth-order valence-corrected chi connectivity index (χ4v) is 2.60. The Kier molecular flexibility index (Phi) is 5.41. The van der Waals surface area contributed by atoms with Crippen molar-refractivity contribution in [2.24, 2.45) is 22.2 Å². The van der Waals surface area contributed by atoms with Gasteiger partial charge in [0.2, 0.25) is 5.91 Å². The third kappa shape index (κ3) is 3.85. The van der Waals surface area contributed by atoms with E-state index < -0.39 is 5.41 Å². The summed E-state index contributed by atoms with van der Waals surface area (Å²) >= 11 is 0. The molecule has 0 bridgehead atoms. The number of amides is 1. The van der Waals surface area contributed by atoms with Crippen LogP contribution in [0.5, 0.6) is 0 Å². The summed E-state index contributed by atoms with van der Waals surface area (Å²) in [7, 11) is 1.73. The first-order valence-corrected chi connectivity index (χ1v) is 7.49. The Morgan fingerprint density at radius 1 is 1.48 bits per heavy atom. The quantitative estimate of drug-likeness (QED) is 0.233. The van der Waals surface area contributed by atoms with Crippen LogP contribution >= 0.6 is 0 Å². The van der Waals surface area contributed by atoms with E-state index in [0.717, 1.165) is 6.61 Å². The molecule has 1 aliphatic heterocycles. The Balaban J connectivity index is 1.89. The van der Waals surface area contributed by atoms with Crippen molar-refractivity contribution in [1.29, 1.82) is 0 Å². The standard InChI is InChI=1S/C14H25N3O4/c1-17(6-9-21-10-11-2-3-11)13(18)14(12(15)16-19)4-7-20-8-5-14/h11,19H,2-10H2,1H3,(H2,15,16). The molecule has 2 aliphatic rings. The van der Waals surface area contributed by atoms with Gasteiger partial charge in [0.05, 0.1) is 6.61 Å². The van der Waals surface area contributed by atoms with Crippen LogP contribution in [0.25, 0.3) is 0 Å². The van der Waals surface area contributed by atoms with E-state index in [-0.39, 0.29) is 11.7 Å². The van der Waals surface area contributed by atoms with Crippen LogP contribution < -0.4 is 5.73 Å². The zero-order valence-corrected chi connectivity index (χ0v) is 12.6. The highest BCUT2D eigenvalue weighted by Gasteiger charge is 2.45. The van der Waals surface area contributed by atoms with E-state index in [2.05, 4.69) is 5.16 Å². The van der Waals surface area contributed by atoms with Gasteiger partial charge in [-0.15, -0.1) is 0 Å². The van der Waals surface area contributed by atoms with Crippen LogP contribution in [0.1, 0.15) is 25.7 Å². The molecular formula is C14H25N3O4. The van der Waals surface area contributed by atoms with Crippen molar-refractivity contribution in [2.45, 2.75) is 25.7 Å². The molecule has 0 atom stereocenters. The lowest BCUT2D eigenvalue weighted by Crippen LogP contribution is -2.53. The molecule has 1 saturated heterocycles. The van der Waals surface area contributed by atoms with Crippen LogP contribution in [-0.2, 0) is 14.3 Å². The van der Waals surface area contributed by atoms with E-state index in [9.17, 15) is 4.79 Å². The van der Waals surface area contributed by atoms with Gasteiger partial charge >= 0.3 is 0 Å². The van der Waals surface area contributed by atoms with E-state index in [1.54, 1.807) is 11.9 Å². The first kappa shape index (κ1) is 16.0. The highest BCUT2D eigenvalue weighted by atomic mass is 16.5. The minimum absolute atomic E-state index is 0.0263. The summed E-state index contributed by atoms with van der Waals surface area (Å²) in [6.07, 6.45) is 3.38. The minimum Gasteiger partial charge on any atom is -0.409 e. The average Bonchev–Trinajstić information content (AvgIpc) is 3.34. The highest BCUT2D eigenvalue weighted by Crippen LogP contribution is 2.33. The van der Waals surface area contributed by atoms with Crippen LogP contribution in [0.3, 0.4) is 0 Å². The number of ether oxygens (including phenoxy) is 2. The normalized spacial score (nSPS) is 22.0. The van der Waals surface area contributed by atoms with Gasteiger partial charge in [-0.05, 0) is 31.6 Å². The van der Waals surface area contributed by atoms with Gasteiger partial charge in [-0.1, -0.05) is 5.16 Å². The molecule has 1 aliphatic carbocycles. The smallest absolute Gasteiger partial charge is 0.236 e. The fourth-order valence-electron chi connectivity index (χ4n) is 2.60. The Bertz CT molecular complexity index is 390. The molecule has 7 heteroatoms. The van der Waals surface area contributed by atoms with E-state index in [1.807, 2.05) is 0 Å². The number of rotatable bonds is 7. The Morgan fingerprint density at radius 2 is 2.14 bits per heavy atom. The second-order valence-corrected chi connectivity index (χ2v) is 5.92. The highest BCUT2D eigenvalue weighted by molar-refractivity contribution is 6.06. The second-order valence-electron chi connectivity index (χ2n) is 5.92. The summed E-state index contributed by atoms with van der Waals surface area (Å²) in [4.78, 5) is 14.3. The zero-order valence-electron chi connectivity index (χ0n) is 12.6. The Labute approximate surface area is 125 Å². The number of hydrogen-bond donors (Lipinski definition) is 2. The number of amidine groups is 1. The summed E-state index contributed by atoms with van der Waals surface area (Å²) in [5.41, 5.74) is 4.84. The van der Waals surface area contributed by atoms with Gasteiger partial charge in [-0.3, -0.25) is 4.79 Å². The molecule has 0 spiro atoms. The van der Waals surface area contributed by atoms with Gasteiger partial charge < -0.3 is 25.3 Å². The Morgan fingerprint density at radius 3 is 2.71 bits per heavy atom. The number of carbonyl (C=O) groups is 1.